The molecule has 0 radical (unpaired) electrons. The molecule has 10 heteroatoms. The van der Waals surface area contributed by atoms with Gasteiger partial charge in [0.1, 0.15) is 17.1 Å². The largest absolute Gasteiger partial charge is 0.497 e. The van der Waals surface area contributed by atoms with E-state index in [1.165, 1.54) is 4.68 Å². The van der Waals surface area contributed by atoms with Gasteiger partial charge in [0.05, 0.1) is 19.3 Å². The highest BCUT2D eigenvalue weighted by molar-refractivity contribution is 9.10. The SMILES string of the molecule is CC.COc1ccc(Cn2nc(C(F)(F)F)nc2-c2nc3cc(C)c(Br)c(C)n3c2C)cc1. The van der Waals surface area contributed by atoms with Gasteiger partial charge in [-0.3, -0.25) is 4.40 Å². The van der Waals surface area contributed by atoms with Crippen LogP contribution in [0.4, 0.5) is 13.2 Å². The van der Waals surface area contributed by atoms with Crippen LogP contribution >= 0.6 is 15.9 Å². The number of hydrogen-bond acceptors (Lipinski definition) is 4. The molecule has 3 heterocycles. The van der Waals surface area contributed by atoms with Crippen molar-refractivity contribution < 1.29 is 17.9 Å². The molecular formula is C23H25BrF3N5O. The summed E-state index contributed by atoms with van der Waals surface area (Å²) in [7, 11) is 1.55. The van der Waals surface area contributed by atoms with E-state index in [-0.39, 0.29) is 12.4 Å². The zero-order valence-corrected chi connectivity index (χ0v) is 20.8. The van der Waals surface area contributed by atoms with Gasteiger partial charge in [-0.2, -0.15) is 13.2 Å². The van der Waals surface area contributed by atoms with Crippen molar-refractivity contribution in [2.45, 2.75) is 47.3 Å². The smallest absolute Gasteiger partial charge is 0.453 e. The van der Waals surface area contributed by atoms with Gasteiger partial charge in [-0.1, -0.05) is 26.0 Å². The van der Waals surface area contributed by atoms with Gasteiger partial charge >= 0.3 is 6.18 Å². The Morgan fingerprint density at radius 3 is 2.21 bits per heavy atom. The molecule has 4 aromatic rings. The number of rotatable bonds is 4. The molecule has 0 N–H and O–H groups in total. The lowest BCUT2D eigenvalue weighted by atomic mass is 10.2. The van der Waals surface area contributed by atoms with Crippen molar-refractivity contribution in [2.24, 2.45) is 0 Å². The van der Waals surface area contributed by atoms with E-state index in [0.29, 0.717) is 22.8 Å². The molecule has 4 rings (SSSR count). The van der Waals surface area contributed by atoms with Crippen LogP contribution in [0.3, 0.4) is 0 Å². The molecule has 0 saturated carbocycles. The normalized spacial score (nSPS) is 11.5. The summed E-state index contributed by atoms with van der Waals surface area (Å²) in [6.07, 6.45) is -4.66. The lowest BCUT2D eigenvalue weighted by Gasteiger charge is -2.08. The number of nitrogens with zero attached hydrogens (tertiary/aromatic N) is 5. The van der Waals surface area contributed by atoms with Gasteiger partial charge in [-0.15, -0.1) is 5.10 Å². The third-order valence-corrected chi connectivity index (χ3v) is 6.31. The number of ether oxygens (including phenoxy) is 1. The van der Waals surface area contributed by atoms with E-state index in [2.05, 4.69) is 31.0 Å². The van der Waals surface area contributed by atoms with Crippen molar-refractivity contribution in [3.63, 3.8) is 0 Å². The average Bonchev–Trinajstić information content (AvgIpc) is 3.35. The molecule has 3 aromatic heterocycles. The van der Waals surface area contributed by atoms with E-state index >= 15 is 0 Å². The number of alkyl halides is 3. The first kappa shape index (κ1) is 24.8. The summed E-state index contributed by atoms with van der Waals surface area (Å²) in [4.78, 5) is 8.43. The van der Waals surface area contributed by atoms with Crippen LogP contribution in [0.25, 0.3) is 17.2 Å². The number of aromatic nitrogens is 5. The molecule has 0 amide bonds. The second-order valence-corrected chi connectivity index (χ2v) is 8.02. The molecule has 0 aliphatic heterocycles. The van der Waals surface area contributed by atoms with Crippen LogP contribution in [0.2, 0.25) is 0 Å². The fourth-order valence-corrected chi connectivity index (χ4v) is 3.84. The van der Waals surface area contributed by atoms with Crippen LogP contribution in [0.15, 0.2) is 34.8 Å². The van der Waals surface area contributed by atoms with Gasteiger partial charge in [0, 0.05) is 10.2 Å². The summed E-state index contributed by atoms with van der Waals surface area (Å²) in [5.41, 5.74) is 4.33. The summed E-state index contributed by atoms with van der Waals surface area (Å²) < 4.78 is 49.5. The maximum atomic E-state index is 13.4. The fourth-order valence-electron chi connectivity index (χ4n) is 3.55. The molecule has 6 nitrogen and oxygen atoms in total. The van der Waals surface area contributed by atoms with Gasteiger partial charge < -0.3 is 4.74 Å². The number of fused-ring (bicyclic) bond motifs is 1. The van der Waals surface area contributed by atoms with E-state index in [9.17, 15) is 13.2 Å². The quantitative estimate of drug-likeness (QED) is 0.311. The van der Waals surface area contributed by atoms with Gasteiger partial charge in [-0.25, -0.2) is 14.6 Å². The van der Waals surface area contributed by atoms with Crippen LogP contribution in [0.5, 0.6) is 5.75 Å². The topological polar surface area (TPSA) is 57.2 Å². The molecule has 0 unspecified atom stereocenters. The molecule has 1 aromatic carbocycles. The van der Waals surface area contributed by atoms with Crippen LogP contribution < -0.4 is 4.74 Å². The van der Waals surface area contributed by atoms with E-state index < -0.39 is 12.0 Å². The first-order valence-electron chi connectivity index (χ1n) is 10.4. The average molecular weight is 524 g/mol. The van der Waals surface area contributed by atoms with E-state index in [4.69, 9.17) is 4.74 Å². The second kappa shape index (κ2) is 9.54. The first-order valence-corrected chi connectivity index (χ1v) is 11.2. The Morgan fingerprint density at radius 1 is 1.00 bits per heavy atom. The van der Waals surface area contributed by atoms with Crippen LogP contribution in [-0.2, 0) is 12.7 Å². The fraction of sp³-hybridized carbons (Fsp3) is 0.348. The molecular weight excluding hydrogens is 499 g/mol. The minimum absolute atomic E-state index is 0.0671. The molecule has 0 spiro atoms. The molecule has 0 aliphatic carbocycles. The Morgan fingerprint density at radius 2 is 1.64 bits per heavy atom. The Hall–Kier alpha value is -2.88. The molecule has 0 aliphatic rings. The predicted molar refractivity (Wildman–Crippen MR) is 125 cm³/mol. The van der Waals surface area contributed by atoms with Gasteiger partial charge in [0.2, 0.25) is 0 Å². The Balaban J connectivity index is 0.00000149. The van der Waals surface area contributed by atoms with Crippen molar-refractivity contribution in [3.05, 3.63) is 63.1 Å². The van der Waals surface area contributed by atoms with Crippen molar-refractivity contribution in [1.82, 2.24) is 24.1 Å². The highest BCUT2D eigenvalue weighted by atomic mass is 79.9. The van der Waals surface area contributed by atoms with Gasteiger partial charge in [0.15, 0.2) is 5.82 Å². The summed E-state index contributed by atoms with van der Waals surface area (Å²) in [6, 6.07) is 8.92. The third kappa shape index (κ3) is 4.75. The summed E-state index contributed by atoms with van der Waals surface area (Å²) in [5, 5.41) is 3.76. The molecule has 0 saturated heterocycles. The number of halogens is 4. The van der Waals surface area contributed by atoms with Crippen molar-refractivity contribution in [3.8, 4) is 17.3 Å². The third-order valence-electron chi connectivity index (χ3n) is 5.11. The second-order valence-electron chi connectivity index (χ2n) is 7.23. The van der Waals surface area contributed by atoms with Gasteiger partial charge in [-0.05, 0) is 66.0 Å². The summed E-state index contributed by atoms with van der Waals surface area (Å²) in [6.45, 7) is 9.78. The summed E-state index contributed by atoms with van der Waals surface area (Å²) >= 11 is 3.56. The van der Waals surface area contributed by atoms with Gasteiger partial charge in [0.25, 0.3) is 5.82 Å². The minimum Gasteiger partial charge on any atom is -0.497 e. The maximum absolute atomic E-state index is 13.4. The number of benzene rings is 1. The van der Waals surface area contributed by atoms with E-state index in [0.717, 1.165) is 21.3 Å². The highest BCUT2D eigenvalue weighted by Gasteiger charge is 2.38. The number of aryl methyl sites for hydroxylation is 3. The Labute approximate surface area is 198 Å². The molecule has 176 valence electrons. The van der Waals surface area contributed by atoms with E-state index in [1.54, 1.807) is 31.4 Å². The van der Waals surface area contributed by atoms with Crippen LogP contribution in [-0.4, -0.2) is 31.3 Å². The Bertz CT molecular complexity index is 1280. The predicted octanol–water partition coefficient (Wildman–Crippen LogP) is 6.38. The van der Waals surface area contributed by atoms with Crippen molar-refractivity contribution in [2.75, 3.05) is 7.11 Å². The number of methoxy groups -OCH3 is 1. The first-order chi connectivity index (χ1) is 15.6. The zero-order chi connectivity index (χ0) is 24.5. The van der Waals surface area contributed by atoms with Crippen LogP contribution in [0, 0.1) is 20.8 Å². The minimum atomic E-state index is -4.66. The van der Waals surface area contributed by atoms with Crippen molar-refractivity contribution >= 4 is 21.6 Å². The maximum Gasteiger partial charge on any atom is 0.453 e. The standard InChI is InChI=1S/C21H19BrF3N5O.C2H6/c1-11-9-16-26-18(13(3)30(16)12(2)17(11)22)19-27-20(21(23,24)25)28-29(19)10-14-5-7-15(31-4)8-6-14;1-2/h5-9H,10H2,1-4H3;1-2H3. The number of imidazole rings is 1. The number of pyridine rings is 1. The highest BCUT2D eigenvalue weighted by Crippen LogP contribution is 2.32. The summed E-state index contributed by atoms with van der Waals surface area (Å²) in [5.74, 6) is -0.467. The number of hydrogen-bond donors (Lipinski definition) is 0. The molecule has 0 bridgehead atoms. The Kier molecular flexibility index (Phi) is 7.16. The van der Waals surface area contributed by atoms with Crippen LogP contribution in [0.1, 0.15) is 42.2 Å². The lowest BCUT2D eigenvalue weighted by Crippen LogP contribution is -2.09. The lowest BCUT2D eigenvalue weighted by molar-refractivity contribution is -0.144. The molecule has 33 heavy (non-hydrogen) atoms. The van der Waals surface area contributed by atoms with E-state index in [1.807, 2.05) is 45.1 Å². The van der Waals surface area contributed by atoms with Crippen molar-refractivity contribution in [1.29, 1.82) is 0 Å². The molecule has 0 fully saturated rings. The molecule has 0 atom stereocenters. The zero-order valence-electron chi connectivity index (χ0n) is 19.3. The monoisotopic (exact) mass is 523 g/mol.